The van der Waals surface area contributed by atoms with Crippen molar-refractivity contribution < 1.29 is 13.9 Å². The molecule has 0 radical (unpaired) electrons. The number of halogens is 2. The van der Waals surface area contributed by atoms with Crippen LogP contribution in [0.25, 0.3) is 0 Å². The number of piperidine rings is 1. The minimum atomic E-state index is -1.49. The van der Waals surface area contributed by atoms with Crippen molar-refractivity contribution in [2.75, 3.05) is 26.2 Å². The third-order valence-electron chi connectivity index (χ3n) is 3.58. The molecule has 1 N–H and O–H groups in total. The monoisotopic (exact) mass is 263 g/mol. The normalized spacial score (nSPS) is 21.5. The Hall–Kier alpha value is -0.480. The molecule has 18 heavy (non-hydrogen) atoms. The second kappa shape index (κ2) is 7.85. The van der Waals surface area contributed by atoms with E-state index in [1.165, 1.54) is 0 Å². The van der Waals surface area contributed by atoms with E-state index < -0.39 is 6.08 Å². The molecule has 1 aliphatic carbocycles. The Morgan fingerprint density at radius 2 is 1.72 bits per heavy atom. The number of likely N-dealkylation sites (tertiary alicyclic amines) is 1. The maximum absolute atomic E-state index is 12.3. The molecule has 2 fully saturated rings. The summed E-state index contributed by atoms with van der Waals surface area (Å²) in [6.07, 6.45) is 1.66. The molecule has 1 aliphatic heterocycles. The molecule has 4 heteroatoms. The van der Waals surface area contributed by atoms with Gasteiger partial charge < -0.3 is 10.0 Å². The van der Waals surface area contributed by atoms with Gasteiger partial charge in [-0.05, 0) is 31.3 Å². The summed E-state index contributed by atoms with van der Waals surface area (Å²) >= 11 is 0. The van der Waals surface area contributed by atoms with Crippen molar-refractivity contribution in [1.82, 2.24) is 4.90 Å². The smallest absolute Gasteiger partial charge is 0.269 e. The Morgan fingerprint density at radius 3 is 2.06 bits per heavy atom. The van der Waals surface area contributed by atoms with Gasteiger partial charge in [0.15, 0.2) is 0 Å². The molecule has 2 nitrogen and oxygen atoms in total. The molecular weight excluding hydrogens is 236 g/mol. The highest BCUT2D eigenvalue weighted by molar-refractivity contribution is 5.07. The van der Waals surface area contributed by atoms with Crippen molar-refractivity contribution in [2.24, 2.45) is 5.41 Å². The molecule has 0 atom stereocenters. The number of aliphatic hydroxyl groups is 1. The maximum Gasteiger partial charge on any atom is 0.269 e. The lowest BCUT2D eigenvalue weighted by Gasteiger charge is -2.30. The molecule has 1 saturated carbocycles. The zero-order valence-corrected chi connectivity index (χ0v) is 10.8. The highest BCUT2D eigenvalue weighted by Crippen LogP contribution is 2.46. The van der Waals surface area contributed by atoms with Crippen molar-refractivity contribution in [3.05, 3.63) is 11.7 Å². The molecule has 1 heterocycles. The van der Waals surface area contributed by atoms with E-state index in [0.29, 0.717) is 31.5 Å². The molecular formula is C14H27F2NO. The highest BCUT2D eigenvalue weighted by atomic mass is 19.3. The Labute approximate surface area is 110 Å². The third kappa shape index (κ3) is 4.65. The van der Waals surface area contributed by atoms with Crippen LogP contribution in [-0.4, -0.2) is 36.2 Å². The molecule has 108 valence electrons. The van der Waals surface area contributed by atoms with Gasteiger partial charge in [0.1, 0.15) is 0 Å². The standard InChI is InChI=1S/C11H17F2NO.C2H6.CH4/c12-10(13)9-1-5-14(6-2-9)7-11(8-15)3-4-11;1-2;/h15H,1-8H2;1-2H3;1H4. The van der Waals surface area contributed by atoms with E-state index in [1.807, 2.05) is 13.8 Å². The van der Waals surface area contributed by atoms with Crippen molar-refractivity contribution in [3.8, 4) is 0 Å². The first kappa shape index (κ1) is 17.5. The van der Waals surface area contributed by atoms with Crippen LogP contribution in [0.3, 0.4) is 0 Å². The summed E-state index contributed by atoms with van der Waals surface area (Å²) in [5.41, 5.74) is 0.426. The van der Waals surface area contributed by atoms with E-state index in [9.17, 15) is 13.9 Å². The van der Waals surface area contributed by atoms with Crippen molar-refractivity contribution >= 4 is 0 Å². The van der Waals surface area contributed by atoms with Gasteiger partial charge in [0.2, 0.25) is 0 Å². The summed E-state index contributed by atoms with van der Waals surface area (Å²) in [5, 5.41) is 9.17. The van der Waals surface area contributed by atoms with Gasteiger partial charge in [-0.1, -0.05) is 21.3 Å². The van der Waals surface area contributed by atoms with Crippen LogP contribution >= 0.6 is 0 Å². The Balaban J connectivity index is 0.000000917. The lowest BCUT2D eigenvalue weighted by Crippen LogP contribution is -2.36. The van der Waals surface area contributed by atoms with Gasteiger partial charge >= 0.3 is 0 Å². The largest absolute Gasteiger partial charge is 0.396 e. The fraction of sp³-hybridized carbons (Fsp3) is 0.857. The van der Waals surface area contributed by atoms with Gasteiger partial charge in [-0.15, -0.1) is 0 Å². The molecule has 0 amide bonds. The van der Waals surface area contributed by atoms with Gasteiger partial charge in [-0.2, -0.15) is 8.78 Å². The number of hydrogen-bond acceptors (Lipinski definition) is 2. The van der Waals surface area contributed by atoms with Crippen LogP contribution in [0.2, 0.25) is 0 Å². The molecule has 0 spiro atoms. The predicted molar refractivity (Wildman–Crippen MR) is 71.7 cm³/mol. The van der Waals surface area contributed by atoms with Crippen LogP contribution < -0.4 is 0 Å². The Kier molecular flexibility index (Phi) is 7.64. The molecule has 2 rings (SSSR count). The van der Waals surface area contributed by atoms with Gasteiger partial charge in [0.25, 0.3) is 6.08 Å². The van der Waals surface area contributed by atoms with Gasteiger partial charge in [-0.3, -0.25) is 0 Å². The summed E-state index contributed by atoms with van der Waals surface area (Å²) in [6, 6.07) is 0. The second-order valence-electron chi connectivity index (χ2n) is 4.80. The zero-order chi connectivity index (χ0) is 12.9. The third-order valence-corrected chi connectivity index (χ3v) is 3.58. The average Bonchev–Trinajstić information content (AvgIpc) is 3.13. The second-order valence-corrected chi connectivity index (χ2v) is 4.80. The Morgan fingerprint density at radius 1 is 1.22 bits per heavy atom. The first-order valence-corrected chi connectivity index (χ1v) is 6.51. The SMILES string of the molecule is C.CC.OCC1(CN2CCC(=C(F)F)CC2)CC1. The van der Waals surface area contributed by atoms with Crippen molar-refractivity contribution in [3.63, 3.8) is 0 Å². The topological polar surface area (TPSA) is 23.5 Å². The van der Waals surface area contributed by atoms with E-state index >= 15 is 0 Å². The van der Waals surface area contributed by atoms with Crippen LogP contribution in [0, 0.1) is 5.41 Å². The highest BCUT2D eigenvalue weighted by Gasteiger charge is 2.43. The van der Waals surface area contributed by atoms with Crippen LogP contribution in [0.4, 0.5) is 8.78 Å². The molecule has 0 bridgehead atoms. The fourth-order valence-electron chi connectivity index (χ4n) is 2.19. The lowest BCUT2D eigenvalue weighted by molar-refractivity contribution is 0.141. The fourth-order valence-corrected chi connectivity index (χ4v) is 2.19. The van der Waals surface area contributed by atoms with Crippen LogP contribution in [0.1, 0.15) is 47.0 Å². The number of rotatable bonds is 3. The summed E-state index contributed by atoms with van der Waals surface area (Å²) in [7, 11) is 0. The average molecular weight is 263 g/mol. The van der Waals surface area contributed by atoms with E-state index in [2.05, 4.69) is 4.90 Å². The van der Waals surface area contributed by atoms with Crippen LogP contribution in [0.15, 0.2) is 11.7 Å². The summed E-state index contributed by atoms with van der Waals surface area (Å²) < 4.78 is 24.6. The van der Waals surface area contributed by atoms with Gasteiger partial charge in [0, 0.05) is 31.7 Å². The van der Waals surface area contributed by atoms with Gasteiger partial charge in [-0.25, -0.2) is 0 Å². The first-order chi connectivity index (χ1) is 8.15. The van der Waals surface area contributed by atoms with E-state index in [0.717, 1.165) is 19.4 Å². The van der Waals surface area contributed by atoms with E-state index in [-0.39, 0.29) is 19.4 Å². The molecule has 0 unspecified atom stereocenters. The molecule has 0 aromatic heterocycles. The van der Waals surface area contributed by atoms with Crippen molar-refractivity contribution in [1.29, 1.82) is 0 Å². The number of hydrogen-bond donors (Lipinski definition) is 1. The zero-order valence-electron chi connectivity index (χ0n) is 10.8. The number of aliphatic hydroxyl groups excluding tert-OH is 1. The summed E-state index contributed by atoms with van der Waals surface area (Å²) in [4.78, 5) is 2.20. The predicted octanol–water partition coefficient (Wildman–Crippen LogP) is 3.67. The minimum Gasteiger partial charge on any atom is -0.396 e. The Bertz CT molecular complexity index is 261. The summed E-state index contributed by atoms with van der Waals surface area (Å²) in [6.45, 7) is 6.55. The van der Waals surface area contributed by atoms with Gasteiger partial charge in [0.05, 0.1) is 0 Å². The van der Waals surface area contributed by atoms with Crippen LogP contribution in [0.5, 0.6) is 0 Å². The quantitative estimate of drug-likeness (QED) is 0.840. The summed E-state index contributed by atoms with van der Waals surface area (Å²) in [5.74, 6) is 0. The van der Waals surface area contributed by atoms with Crippen LogP contribution in [-0.2, 0) is 0 Å². The minimum absolute atomic E-state index is 0. The van der Waals surface area contributed by atoms with Crippen molar-refractivity contribution in [2.45, 2.75) is 47.0 Å². The molecule has 1 saturated heterocycles. The van der Waals surface area contributed by atoms with E-state index in [1.54, 1.807) is 0 Å². The number of nitrogens with zero attached hydrogens (tertiary/aromatic N) is 1. The molecule has 2 aliphatic rings. The molecule has 0 aromatic carbocycles. The maximum atomic E-state index is 12.3. The molecule has 0 aromatic rings. The van der Waals surface area contributed by atoms with E-state index in [4.69, 9.17) is 0 Å². The lowest BCUT2D eigenvalue weighted by atomic mass is 10.0. The first-order valence-electron chi connectivity index (χ1n) is 6.51.